The molecule has 7 nitrogen and oxygen atoms in total. The molecule has 0 unspecified atom stereocenters. The molecule has 1 aromatic carbocycles. The van der Waals surface area contributed by atoms with Crippen LogP contribution >= 0.6 is 0 Å². The number of nitrogen functional groups attached to an aromatic ring is 1. The summed E-state index contributed by atoms with van der Waals surface area (Å²) in [6.07, 6.45) is 0. The van der Waals surface area contributed by atoms with E-state index < -0.39 is 5.56 Å². The van der Waals surface area contributed by atoms with Gasteiger partial charge in [-0.2, -0.15) is 4.52 Å². The normalized spacial score (nSPS) is 10.8. The molecule has 0 saturated heterocycles. The Labute approximate surface area is 94.9 Å². The van der Waals surface area contributed by atoms with Crippen LogP contribution in [0.1, 0.15) is 0 Å². The predicted molar refractivity (Wildman–Crippen MR) is 61.3 cm³/mol. The summed E-state index contributed by atoms with van der Waals surface area (Å²) in [5.74, 6) is 0.512. The highest BCUT2D eigenvalue weighted by Gasteiger charge is 2.11. The summed E-state index contributed by atoms with van der Waals surface area (Å²) >= 11 is 0. The minimum Gasteiger partial charge on any atom is -0.368 e. The highest BCUT2D eigenvalue weighted by molar-refractivity contribution is 5.58. The van der Waals surface area contributed by atoms with Crippen LogP contribution in [-0.4, -0.2) is 24.8 Å². The van der Waals surface area contributed by atoms with Crippen molar-refractivity contribution in [3.05, 3.63) is 40.7 Å². The third kappa shape index (κ3) is 1.44. The van der Waals surface area contributed by atoms with E-state index in [1.807, 2.05) is 30.3 Å². The zero-order valence-electron chi connectivity index (χ0n) is 8.66. The molecule has 7 heteroatoms. The van der Waals surface area contributed by atoms with Gasteiger partial charge in [0.15, 0.2) is 5.82 Å². The van der Waals surface area contributed by atoms with Crippen molar-refractivity contribution in [2.24, 2.45) is 0 Å². The van der Waals surface area contributed by atoms with Gasteiger partial charge < -0.3 is 5.73 Å². The van der Waals surface area contributed by atoms with Gasteiger partial charge in [0.05, 0.1) is 0 Å². The van der Waals surface area contributed by atoms with Gasteiger partial charge in [0.1, 0.15) is 0 Å². The van der Waals surface area contributed by atoms with Gasteiger partial charge in [-0.05, 0) is 0 Å². The molecule has 0 atom stereocenters. The van der Waals surface area contributed by atoms with Gasteiger partial charge in [-0.3, -0.25) is 9.78 Å². The van der Waals surface area contributed by atoms with Crippen LogP contribution in [0.4, 0.5) is 5.95 Å². The first-order valence-corrected chi connectivity index (χ1v) is 4.92. The lowest BCUT2D eigenvalue weighted by atomic mass is 10.2. The molecular weight excluding hydrogens is 220 g/mol. The predicted octanol–water partition coefficient (Wildman–Crippen LogP) is 0.0618. The Morgan fingerprint density at radius 1 is 1.18 bits per heavy atom. The minimum absolute atomic E-state index is 0.0273. The molecule has 0 amide bonds. The largest absolute Gasteiger partial charge is 0.368 e. The number of nitrogens with two attached hydrogens (primary N) is 1. The molecule has 0 fully saturated rings. The fourth-order valence-corrected chi connectivity index (χ4v) is 1.59. The summed E-state index contributed by atoms with van der Waals surface area (Å²) in [7, 11) is 0. The van der Waals surface area contributed by atoms with Crippen molar-refractivity contribution < 1.29 is 0 Å². The van der Waals surface area contributed by atoms with Crippen LogP contribution in [0.25, 0.3) is 17.0 Å². The van der Waals surface area contributed by atoms with Gasteiger partial charge in [0.2, 0.25) is 11.6 Å². The van der Waals surface area contributed by atoms with Crippen molar-refractivity contribution in [1.29, 1.82) is 0 Å². The lowest BCUT2D eigenvalue weighted by molar-refractivity contribution is 0.900. The van der Waals surface area contributed by atoms with Crippen LogP contribution in [0.3, 0.4) is 0 Å². The number of hydrogen-bond acceptors (Lipinski definition) is 5. The van der Waals surface area contributed by atoms with Gasteiger partial charge in [-0.25, -0.2) is 0 Å². The van der Waals surface area contributed by atoms with E-state index in [2.05, 4.69) is 20.3 Å². The SMILES string of the molecule is Nc1nn2c(-c3ccccc3)nnc2c(=O)[nH]1. The summed E-state index contributed by atoms with van der Waals surface area (Å²) in [6, 6.07) is 9.34. The molecular formula is C10H8N6O. The van der Waals surface area contributed by atoms with Gasteiger partial charge >= 0.3 is 0 Å². The van der Waals surface area contributed by atoms with E-state index in [1.54, 1.807) is 0 Å². The van der Waals surface area contributed by atoms with Crippen LogP contribution in [0, 0.1) is 0 Å². The Kier molecular flexibility index (Phi) is 1.91. The molecule has 0 aliphatic heterocycles. The topological polar surface area (TPSA) is 102 Å². The first-order chi connectivity index (χ1) is 8.25. The molecule has 0 bridgehead atoms. The highest BCUT2D eigenvalue weighted by Crippen LogP contribution is 2.15. The second kappa shape index (κ2) is 3.41. The fraction of sp³-hybridized carbons (Fsp3) is 0. The second-order valence-corrected chi connectivity index (χ2v) is 3.46. The third-order valence-electron chi connectivity index (χ3n) is 2.33. The number of benzene rings is 1. The average molecular weight is 228 g/mol. The molecule has 84 valence electrons. The Hall–Kier alpha value is -2.70. The van der Waals surface area contributed by atoms with E-state index in [0.29, 0.717) is 5.82 Å². The van der Waals surface area contributed by atoms with Crippen LogP contribution in [-0.2, 0) is 0 Å². The molecule has 2 heterocycles. The Balaban J connectivity index is 2.36. The Morgan fingerprint density at radius 3 is 2.71 bits per heavy atom. The maximum absolute atomic E-state index is 11.5. The van der Waals surface area contributed by atoms with Crippen molar-refractivity contribution in [1.82, 2.24) is 24.8 Å². The highest BCUT2D eigenvalue weighted by atomic mass is 16.1. The van der Waals surface area contributed by atoms with E-state index in [1.165, 1.54) is 4.52 Å². The summed E-state index contributed by atoms with van der Waals surface area (Å²) in [6.45, 7) is 0. The zero-order valence-corrected chi connectivity index (χ0v) is 8.66. The number of fused-ring (bicyclic) bond motifs is 1. The Bertz CT molecular complexity index is 729. The molecule has 0 spiro atoms. The van der Waals surface area contributed by atoms with Crippen molar-refractivity contribution in [3.8, 4) is 11.4 Å². The van der Waals surface area contributed by atoms with E-state index in [0.717, 1.165) is 5.56 Å². The van der Waals surface area contributed by atoms with Crippen LogP contribution in [0.15, 0.2) is 35.1 Å². The lowest BCUT2D eigenvalue weighted by Crippen LogP contribution is -2.16. The van der Waals surface area contributed by atoms with Crippen LogP contribution in [0.5, 0.6) is 0 Å². The van der Waals surface area contributed by atoms with Gasteiger partial charge in [0.25, 0.3) is 5.56 Å². The summed E-state index contributed by atoms with van der Waals surface area (Å²) in [4.78, 5) is 13.9. The van der Waals surface area contributed by atoms with Gasteiger partial charge in [-0.15, -0.1) is 15.3 Å². The zero-order chi connectivity index (χ0) is 11.8. The van der Waals surface area contributed by atoms with Crippen LogP contribution < -0.4 is 11.3 Å². The van der Waals surface area contributed by atoms with E-state index in [9.17, 15) is 4.79 Å². The number of aromatic amines is 1. The van der Waals surface area contributed by atoms with Gasteiger partial charge in [0, 0.05) is 5.56 Å². The number of hydrogen-bond donors (Lipinski definition) is 2. The smallest absolute Gasteiger partial charge is 0.297 e. The molecule has 0 saturated carbocycles. The molecule has 17 heavy (non-hydrogen) atoms. The average Bonchev–Trinajstić information content (AvgIpc) is 2.74. The lowest BCUT2D eigenvalue weighted by Gasteiger charge is -1.98. The molecule has 3 rings (SSSR count). The maximum Gasteiger partial charge on any atom is 0.297 e. The number of anilines is 1. The van der Waals surface area contributed by atoms with Crippen LogP contribution in [0.2, 0.25) is 0 Å². The minimum atomic E-state index is -0.410. The third-order valence-corrected chi connectivity index (χ3v) is 2.33. The van der Waals surface area contributed by atoms with E-state index in [4.69, 9.17) is 5.73 Å². The number of aromatic nitrogens is 5. The molecule has 2 aromatic heterocycles. The monoisotopic (exact) mass is 228 g/mol. The molecule has 0 radical (unpaired) electrons. The fourth-order valence-electron chi connectivity index (χ4n) is 1.59. The van der Waals surface area contributed by atoms with Crippen molar-refractivity contribution in [2.45, 2.75) is 0 Å². The van der Waals surface area contributed by atoms with Gasteiger partial charge in [-0.1, -0.05) is 30.3 Å². The number of nitrogens with one attached hydrogen (secondary N) is 1. The van der Waals surface area contributed by atoms with E-state index >= 15 is 0 Å². The quantitative estimate of drug-likeness (QED) is 0.613. The number of H-pyrrole nitrogens is 1. The molecule has 0 aliphatic carbocycles. The standard InChI is InChI=1S/C10H8N6O/c11-10-12-9(17)8-14-13-7(16(8)15-10)6-4-2-1-3-5-6/h1-5H,(H3,11,12,15,17). The number of nitrogens with zero attached hydrogens (tertiary/aromatic N) is 4. The molecule has 0 aliphatic rings. The summed E-state index contributed by atoms with van der Waals surface area (Å²) < 4.78 is 1.34. The summed E-state index contributed by atoms with van der Waals surface area (Å²) in [5.41, 5.74) is 6.02. The van der Waals surface area contributed by atoms with Crippen molar-refractivity contribution in [2.75, 3.05) is 5.73 Å². The van der Waals surface area contributed by atoms with Crippen molar-refractivity contribution >= 4 is 11.6 Å². The second-order valence-electron chi connectivity index (χ2n) is 3.46. The maximum atomic E-state index is 11.5. The molecule has 3 N–H and O–H groups in total. The Morgan fingerprint density at radius 2 is 1.94 bits per heavy atom. The van der Waals surface area contributed by atoms with Crippen molar-refractivity contribution in [3.63, 3.8) is 0 Å². The number of rotatable bonds is 1. The summed E-state index contributed by atoms with van der Waals surface area (Å²) in [5, 5.41) is 11.7. The van der Waals surface area contributed by atoms with E-state index in [-0.39, 0.29) is 11.6 Å². The first kappa shape index (κ1) is 9.52. The first-order valence-electron chi connectivity index (χ1n) is 4.92. The molecule has 3 aromatic rings.